The number of allylic oxidation sites excluding steroid dienone is 7. The molecule has 2 aromatic carbocycles. The highest BCUT2D eigenvalue weighted by Crippen LogP contribution is 2.25. The molecule has 0 saturated heterocycles. The molecule has 0 bridgehead atoms. The SMILES string of the molecule is C=CC(=O)OCCN(Cc1ccc(CN(CCOC(=O)C=C)c2ccc(C=C(C#N)C#N)cc2)cc1)C1=CC=C(C=C(C#N)C#N)CC1. The van der Waals surface area contributed by atoms with E-state index in [1.807, 2.05) is 85.0 Å². The predicted molar refractivity (Wildman–Crippen MR) is 181 cm³/mol. The third kappa shape index (κ3) is 11.4. The van der Waals surface area contributed by atoms with E-state index in [1.165, 1.54) is 6.08 Å². The van der Waals surface area contributed by atoms with Crippen LogP contribution in [0.4, 0.5) is 5.69 Å². The van der Waals surface area contributed by atoms with E-state index < -0.39 is 11.9 Å². The molecule has 0 aliphatic heterocycles. The number of rotatable bonds is 16. The molecule has 0 unspecified atom stereocenters. The van der Waals surface area contributed by atoms with Gasteiger partial charge in [-0.3, -0.25) is 0 Å². The van der Waals surface area contributed by atoms with Gasteiger partial charge in [-0.25, -0.2) is 9.59 Å². The average Bonchev–Trinajstić information content (AvgIpc) is 3.13. The fourth-order valence-electron chi connectivity index (χ4n) is 4.78. The van der Waals surface area contributed by atoms with Crippen molar-refractivity contribution in [2.45, 2.75) is 25.9 Å². The van der Waals surface area contributed by atoms with Crippen LogP contribution in [0, 0.1) is 45.3 Å². The summed E-state index contributed by atoms with van der Waals surface area (Å²) in [5.74, 6) is -0.997. The summed E-state index contributed by atoms with van der Waals surface area (Å²) < 4.78 is 10.5. The monoisotopic (exact) mass is 638 g/mol. The smallest absolute Gasteiger partial charge is 0.330 e. The van der Waals surface area contributed by atoms with Crippen LogP contribution in [0.3, 0.4) is 0 Å². The molecule has 0 aromatic heterocycles. The molecule has 2 aromatic rings. The highest BCUT2D eigenvalue weighted by molar-refractivity contribution is 5.81. The minimum absolute atomic E-state index is 0.00955. The van der Waals surface area contributed by atoms with Crippen molar-refractivity contribution in [2.24, 2.45) is 0 Å². The van der Waals surface area contributed by atoms with Crippen LogP contribution in [-0.4, -0.2) is 43.1 Å². The van der Waals surface area contributed by atoms with Crippen LogP contribution in [0.5, 0.6) is 0 Å². The van der Waals surface area contributed by atoms with Gasteiger partial charge in [-0.1, -0.05) is 55.6 Å². The Balaban J connectivity index is 1.79. The van der Waals surface area contributed by atoms with Crippen LogP contribution in [0.2, 0.25) is 0 Å². The number of benzene rings is 2. The van der Waals surface area contributed by atoms with E-state index in [0.29, 0.717) is 44.6 Å². The number of hydrogen-bond donors (Lipinski definition) is 0. The molecule has 0 radical (unpaired) electrons. The van der Waals surface area contributed by atoms with Gasteiger partial charge in [-0.05, 0) is 65.5 Å². The molecule has 0 spiro atoms. The highest BCUT2D eigenvalue weighted by atomic mass is 16.5. The van der Waals surface area contributed by atoms with Crippen LogP contribution >= 0.6 is 0 Å². The molecule has 1 aliphatic carbocycles. The number of esters is 2. The average molecular weight is 639 g/mol. The summed E-state index contributed by atoms with van der Waals surface area (Å²) in [6.07, 6.45) is 10.6. The van der Waals surface area contributed by atoms with Gasteiger partial charge in [0.05, 0.1) is 13.1 Å². The van der Waals surface area contributed by atoms with Crippen LogP contribution < -0.4 is 4.90 Å². The van der Waals surface area contributed by atoms with Crippen molar-refractivity contribution >= 4 is 23.7 Å². The van der Waals surface area contributed by atoms with E-state index in [-0.39, 0.29) is 24.4 Å². The van der Waals surface area contributed by atoms with Crippen LogP contribution in [0.15, 0.2) is 114 Å². The summed E-state index contributed by atoms with van der Waals surface area (Å²) >= 11 is 0. The maximum Gasteiger partial charge on any atom is 0.330 e. The lowest BCUT2D eigenvalue weighted by Crippen LogP contribution is -2.28. The second-order valence-electron chi connectivity index (χ2n) is 10.5. The fraction of sp³-hybridized carbons (Fsp3) is 0.211. The van der Waals surface area contributed by atoms with E-state index >= 15 is 0 Å². The van der Waals surface area contributed by atoms with Gasteiger partial charge in [-0.2, -0.15) is 21.0 Å². The normalized spacial score (nSPS) is 11.3. The summed E-state index contributed by atoms with van der Waals surface area (Å²) in [6.45, 7) is 9.17. The van der Waals surface area contributed by atoms with Gasteiger partial charge in [0.25, 0.3) is 0 Å². The minimum atomic E-state index is -0.505. The topological polar surface area (TPSA) is 154 Å². The van der Waals surface area contributed by atoms with Gasteiger partial charge in [0.1, 0.15) is 48.6 Å². The summed E-state index contributed by atoms with van der Waals surface area (Å²) in [4.78, 5) is 27.5. The summed E-state index contributed by atoms with van der Waals surface area (Å²) in [5, 5.41) is 36.3. The zero-order valence-corrected chi connectivity index (χ0v) is 26.5. The van der Waals surface area contributed by atoms with Gasteiger partial charge in [0.15, 0.2) is 0 Å². The second-order valence-corrected chi connectivity index (χ2v) is 10.5. The van der Waals surface area contributed by atoms with Gasteiger partial charge in [0, 0.05) is 36.6 Å². The number of nitriles is 4. The Morgan fingerprint density at radius 3 is 1.67 bits per heavy atom. The van der Waals surface area contributed by atoms with E-state index in [4.69, 9.17) is 30.5 Å². The van der Waals surface area contributed by atoms with Crippen molar-refractivity contribution in [3.05, 3.63) is 131 Å². The molecule has 3 rings (SSSR count). The molecular weight excluding hydrogens is 604 g/mol. The van der Waals surface area contributed by atoms with E-state index in [0.717, 1.165) is 40.2 Å². The van der Waals surface area contributed by atoms with Crippen molar-refractivity contribution in [1.82, 2.24) is 4.90 Å². The number of carbonyl (C=O) groups is 2. The molecule has 0 fully saturated rings. The van der Waals surface area contributed by atoms with E-state index in [1.54, 1.807) is 6.08 Å². The zero-order valence-electron chi connectivity index (χ0n) is 26.5. The first-order valence-electron chi connectivity index (χ1n) is 15.0. The number of nitrogens with zero attached hydrogens (tertiary/aromatic N) is 6. The Bertz CT molecular complexity index is 1760. The molecule has 1 aliphatic rings. The quantitative estimate of drug-likeness (QED) is 0.122. The molecule has 0 N–H and O–H groups in total. The minimum Gasteiger partial charge on any atom is -0.461 e. The maximum atomic E-state index is 11.7. The molecular formula is C38H34N6O4. The second kappa shape index (κ2) is 19.0. The molecule has 240 valence electrons. The van der Waals surface area contributed by atoms with Gasteiger partial charge in [0.2, 0.25) is 0 Å². The number of hydrogen-bond acceptors (Lipinski definition) is 10. The Labute approximate surface area is 280 Å². The summed E-state index contributed by atoms with van der Waals surface area (Å²) in [7, 11) is 0. The Morgan fingerprint density at radius 2 is 1.19 bits per heavy atom. The van der Waals surface area contributed by atoms with Gasteiger partial charge < -0.3 is 19.3 Å². The number of carbonyl (C=O) groups excluding carboxylic acids is 2. The summed E-state index contributed by atoms with van der Waals surface area (Å²) in [6, 6.07) is 23.0. The van der Waals surface area contributed by atoms with Crippen molar-refractivity contribution in [3.63, 3.8) is 0 Å². The molecule has 0 atom stereocenters. The molecule has 10 nitrogen and oxygen atoms in total. The lowest BCUT2D eigenvalue weighted by molar-refractivity contribution is -0.138. The Morgan fingerprint density at radius 1 is 0.688 bits per heavy atom. The third-order valence-corrected chi connectivity index (χ3v) is 7.26. The van der Waals surface area contributed by atoms with Crippen LogP contribution in [0.1, 0.15) is 29.5 Å². The van der Waals surface area contributed by atoms with Crippen LogP contribution in [0.25, 0.3) is 6.08 Å². The molecule has 10 heteroatoms. The molecule has 48 heavy (non-hydrogen) atoms. The third-order valence-electron chi connectivity index (χ3n) is 7.26. The van der Waals surface area contributed by atoms with E-state index in [9.17, 15) is 9.59 Å². The Hall–Kier alpha value is -6.62. The first kappa shape index (κ1) is 35.9. The maximum absolute atomic E-state index is 11.7. The zero-order chi connectivity index (χ0) is 34.7. The predicted octanol–water partition coefficient (Wildman–Crippen LogP) is 5.96. The molecule has 0 amide bonds. The molecule has 0 heterocycles. The number of ether oxygens (including phenoxy) is 2. The number of anilines is 1. The van der Waals surface area contributed by atoms with E-state index in [2.05, 4.69) is 23.0 Å². The molecule has 0 saturated carbocycles. The fourth-order valence-corrected chi connectivity index (χ4v) is 4.78. The van der Waals surface area contributed by atoms with Crippen molar-refractivity contribution in [3.8, 4) is 24.3 Å². The largest absolute Gasteiger partial charge is 0.461 e. The standard InChI is InChI=1S/C38H34N6O4/c1-3-37(45)47-19-17-43(35-13-9-29(10-14-35)21-33(23-39)24-40)27-31-5-7-32(8-6-31)28-44(18-20-48-38(46)4-2)36-15-11-30(12-16-36)22-34(25-41)26-42/h3-11,13-15,21-22H,1-2,12,16-20,27-28H2. The Kier molecular flexibility index (Phi) is 14.2. The lowest BCUT2D eigenvalue weighted by Gasteiger charge is -2.29. The van der Waals surface area contributed by atoms with Crippen molar-refractivity contribution in [2.75, 3.05) is 31.2 Å². The first-order valence-corrected chi connectivity index (χ1v) is 15.0. The van der Waals surface area contributed by atoms with Gasteiger partial charge >= 0.3 is 11.9 Å². The van der Waals surface area contributed by atoms with Gasteiger partial charge in [-0.15, -0.1) is 0 Å². The van der Waals surface area contributed by atoms with Crippen LogP contribution in [-0.2, 0) is 32.2 Å². The first-order chi connectivity index (χ1) is 23.3. The summed E-state index contributed by atoms with van der Waals surface area (Å²) in [5.41, 5.74) is 5.63. The lowest BCUT2D eigenvalue weighted by atomic mass is 9.99. The highest BCUT2D eigenvalue weighted by Gasteiger charge is 2.16. The van der Waals surface area contributed by atoms with Crippen molar-refractivity contribution in [1.29, 1.82) is 21.0 Å². The van der Waals surface area contributed by atoms with Crippen molar-refractivity contribution < 1.29 is 19.1 Å².